The molecule has 0 saturated carbocycles. The van der Waals surface area contributed by atoms with Gasteiger partial charge in [-0.2, -0.15) is 5.10 Å². The van der Waals surface area contributed by atoms with Crippen LogP contribution in [0.4, 0.5) is 5.69 Å². The highest BCUT2D eigenvalue weighted by atomic mass is 16.6. The van der Waals surface area contributed by atoms with Gasteiger partial charge in [-0.3, -0.25) is 10.1 Å². The summed E-state index contributed by atoms with van der Waals surface area (Å²) in [4.78, 5) is 10.5. The molecule has 3 aromatic rings. The molecule has 0 aliphatic heterocycles. The molecule has 0 fully saturated rings. The van der Waals surface area contributed by atoms with E-state index in [-0.39, 0.29) is 22.9 Å². The van der Waals surface area contributed by atoms with Crippen LogP contribution in [0.15, 0.2) is 42.6 Å². The molecule has 20 heavy (non-hydrogen) atoms. The van der Waals surface area contributed by atoms with Crippen molar-refractivity contribution in [2.75, 3.05) is 0 Å². The van der Waals surface area contributed by atoms with Crippen LogP contribution in [0.25, 0.3) is 16.6 Å². The van der Waals surface area contributed by atoms with E-state index in [4.69, 9.17) is 0 Å². The lowest BCUT2D eigenvalue weighted by Crippen LogP contribution is -1.94. The predicted octanol–water partition coefficient (Wildman–Crippen LogP) is 2.34. The van der Waals surface area contributed by atoms with Gasteiger partial charge < -0.3 is 10.2 Å². The summed E-state index contributed by atoms with van der Waals surface area (Å²) in [7, 11) is 0. The van der Waals surface area contributed by atoms with Gasteiger partial charge >= 0.3 is 0 Å². The molecule has 0 amide bonds. The van der Waals surface area contributed by atoms with Crippen LogP contribution in [0, 0.1) is 10.1 Å². The maximum absolute atomic E-state index is 11.0. The first kappa shape index (κ1) is 12.0. The molecule has 0 radical (unpaired) electrons. The third-order valence-electron chi connectivity index (χ3n) is 2.93. The lowest BCUT2D eigenvalue weighted by Gasteiger charge is -2.04. The number of rotatable bonds is 2. The second kappa shape index (κ2) is 4.23. The number of nitro groups is 1. The maximum Gasteiger partial charge on any atom is 0.280 e. The molecule has 0 unspecified atom stereocenters. The molecule has 0 spiro atoms. The van der Waals surface area contributed by atoms with Gasteiger partial charge in [0.05, 0.1) is 15.8 Å². The van der Waals surface area contributed by atoms with E-state index >= 15 is 0 Å². The number of nitrogens with zero attached hydrogens (tertiary/aromatic N) is 3. The molecule has 100 valence electrons. The van der Waals surface area contributed by atoms with Gasteiger partial charge in [0.1, 0.15) is 17.2 Å². The number of hydrogen-bond donors (Lipinski definition) is 2. The zero-order chi connectivity index (χ0) is 14.3. The molecular formula is C13H9N3O4. The number of phenolic OH excluding ortho intramolecular Hbond substituents is 2. The summed E-state index contributed by atoms with van der Waals surface area (Å²) in [6.07, 6.45) is 1.45. The minimum Gasteiger partial charge on any atom is -0.508 e. The quantitative estimate of drug-likeness (QED) is 0.423. The standard InChI is InChI=1S/C13H9N3O4/c17-8-4-5-13(18)12(6-8)15-7-9-10(14-15)2-1-3-11(9)16(19)20/h1-7,17-18H. The van der Waals surface area contributed by atoms with Gasteiger partial charge in [0.25, 0.3) is 5.69 Å². The smallest absolute Gasteiger partial charge is 0.280 e. The fraction of sp³-hybridized carbons (Fsp3) is 0. The Morgan fingerprint density at radius 3 is 2.75 bits per heavy atom. The summed E-state index contributed by atoms with van der Waals surface area (Å²) in [6, 6.07) is 8.55. The predicted molar refractivity (Wildman–Crippen MR) is 71.1 cm³/mol. The third-order valence-corrected chi connectivity index (χ3v) is 2.93. The van der Waals surface area contributed by atoms with E-state index in [9.17, 15) is 20.3 Å². The molecule has 2 aromatic carbocycles. The van der Waals surface area contributed by atoms with Crippen molar-refractivity contribution in [1.29, 1.82) is 0 Å². The number of phenols is 2. The molecule has 0 bridgehead atoms. The van der Waals surface area contributed by atoms with Crippen molar-refractivity contribution >= 4 is 16.6 Å². The third kappa shape index (κ3) is 1.81. The normalized spacial score (nSPS) is 10.8. The van der Waals surface area contributed by atoms with E-state index in [1.165, 1.54) is 35.1 Å². The van der Waals surface area contributed by atoms with Crippen LogP contribution in [0.1, 0.15) is 0 Å². The van der Waals surface area contributed by atoms with Crippen LogP contribution < -0.4 is 0 Å². The fourth-order valence-corrected chi connectivity index (χ4v) is 2.01. The highest BCUT2D eigenvalue weighted by Gasteiger charge is 2.16. The number of nitro benzene ring substituents is 1. The van der Waals surface area contributed by atoms with E-state index in [1.807, 2.05) is 0 Å². The Morgan fingerprint density at radius 2 is 2.00 bits per heavy atom. The molecule has 0 saturated heterocycles. The zero-order valence-corrected chi connectivity index (χ0v) is 10.1. The van der Waals surface area contributed by atoms with E-state index in [2.05, 4.69) is 5.10 Å². The number of aromatic hydroxyl groups is 2. The van der Waals surface area contributed by atoms with E-state index < -0.39 is 4.92 Å². The average molecular weight is 271 g/mol. The SMILES string of the molecule is O=[N+]([O-])c1cccc2nn(-c3cc(O)ccc3O)cc12. The Morgan fingerprint density at radius 1 is 1.20 bits per heavy atom. The highest BCUT2D eigenvalue weighted by Crippen LogP contribution is 2.29. The number of fused-ring (bicyclic) bond motifs is 1. The first-order valence-electron chi connectivity index (χ1n) is 5.71. The second-order valence-corrected chi connectivity index (χ2v) is 4.21. The molecule has 0 atom stereocenters. The Labute approximate surface area is 112 Å². The van der Waals surface area contributed by atoms with Gasteiger partial charge in [0.2, 0.25) is 0 Å². The Balaban J connectivity index is 2.26. The molecule has 0 aliphatic carbocycles. The monoisotopic (exact) mass is 271 g/mol. The van der Waals surface area contributed by atoms with Crippen molar-refractivity contribution in [3.63, 3.8) is 0 Å². The van der Waals surface area contributed by atoms with Gasteiger partial charge in [-0.05, 0) is 18.2 Å². The summed E-state index contributed by atoms with van der Waals surface area (Å²) in [5, 5.41) is 34.7. The minimum absolute atomic E-state index is 0.0353. The Kier molecular flexibility index (Phi) is 2.53. The van der Waals surface area contributed by atoms with Crippen molar-refractivity contribution in [1.82, 2.24) is 9.78 Å². The van der Waals surface area contributed by atoms with Crippen molar-refractivity contribution in [2.45, 2.75) is 0 Å². The van der Waals surface area contributed by atoms with Crippen LogP contribution in [0.5, 0.6) is 11.5 Å². The van der Waals surface area contributed by atoms with Crippen LogP contribution in [-0.2, 0) is 0 Å². The van der Waals surface area contributed by atoms with Crippen LogP contribution in [0.2, 0.25) is 0 Å². The van der Waals surface area contributed by atoms with Gasteiger partial charge in [-0.25, -0.2) is 4.68 Å². The molecule has 3 rings (SSSR count). The van der Waals surface area contributed by atoms with Crippen molar-refractivity contribution in [3.8, 4) is 17.2 Å². The fourth-order valence-electron chi connectivity index (χ4n) is 2.01. The van der Waals surface area contributed by atoms with Gasteiger partial charge in [-0.15, -0.1) is 0 Å². The molecule has 1 heterocycles. The Hall–Kier alpha value is -3.09. The summed E-state index contributed by atoms with van der Waals surface area (Å²) in [6.45, 7) is 0. The van der Waals surface area contributed by atoms with E-state index in [0.717, 1.165) is 0 Å². The first-order valence-corrected chi connectivity index (χ1v) is 5.71. The Bertz CT molecular complexity index is 826. The summed E-state index contributed by atoms with van der Waals surface area (Å²) in [5.41, 5.74) is 0.617. The van der Waals surface area contributed by atoms with Crippen LogP contribution >= 0.6 is 0 Å². The number of hydrogen-bond acceptors (Lipinski definition) is 5. The van der Waals surface area contributed by atoms with Crippen LogP contribution in [-0.4, -0.2) is 24.9 Å². The zero-order valence-electron chi connectivity index (χ0n) is 10.1. The van der Waals surface area contributed by atoms with Gasteiger partial charge in [0, 0.05) is 18.3 Å². The number of benzene rings is 2. The molecule has 7 nitrogen and oxygen atoms in total. The average Bonchev–Trinajstić information content (AvgIpc) is 2.84. The number of non-ortho nitro benzene ring substituents is 1. The maximum atomic E-state index is 11.0. The largest absolute Gasteiger partial charge is 0.508 e. The summed E-state index contributed by atoms with van der Waals surface area (Å²) < 4.78 is 1.30. The molecule has 0 aliphatic rings. The van der Waals surface area contributed by atoms with E-state index in [1.54, 1.807) is 12.1 Å². The van der Waals surface area contributed by atoms with Crippen molar-refractivity contribution in [2.24, 2.45) is 0 Å². The topological polar surface area (TPSA) is 101 Å². The van der Waals surface area contributed by atoms with Crippen molar-refractivity contribution < 1.29 is 15.1 Å². The second-order valence-electron chi connectivity index (χ2n) is 4.21. The lowest BCUT2D eigenvalue weighted by atomic mass is 10.2. The summed E-state index contributed by atoms with van der Waals surface area (Å²) in [5.74, 6) is -0.120. The molecular weight excluding hydrogens is 262 g/mol. The summed E-state index contributed by atoms with van der Waals surface area (Å²) >= 11 is 0. The number of aromatic nitrogens is 2. The minimum atomic E-state index is -0.489. The van der Waals surface area contributed by atoms with E-state index in [0.29, 0.717) is 10.9 Å². The van der Waals surface area contributed by atoms with Gasteiger partial charge in [0.15, 0.2) is 0 Å². The lowest BCUT2D eigenvalue weighted by molar-refractivity contribution is -0.383. The highest BCUT2D eigenvalue weighted by molar-refractivity contribution is 5.87. The molecule has 1 aromatic heterocycles. The first-order chi connectivity index (χ1) is 9.56. The van der Waals surface area contributed by atoms with Crippen molar-refractivity contribution in [3.05, 3.63) is 52.7 Å². The molecule has 7 heteroatoms. The van der Waals surface area contributed by atoms with Crippen LogP contribution in [0.3, 0.4) is 0 Å². The molecule has 2 N–H and O–H groups in total. The van der Waals surface area contributed by atoms with Gasteiger partial charge in [-0.1, -0.05) is 6.07 Å².